The zero-order valence-electron chi connectivity index (χ0n) is 20.7. The summed E-state index contributed by atoms with van der Waals surface area (Å²) in [7, 11) is 6.93. The van der Waals surface area contributed by atoms with Gasteiger partial charge in [0.25, 0.3) is 11.8 Å². The number of methoxy groups -OCH3 is 2. The molecule has 0 bridgehead atoms. The summed E-state index contributed by atoms with van der Waals surface area (Å²) in [6, 6.07) is 17.6. The first kappa shape index (κ1) is 27.8. The van der Waals surface area contributed by atoms with Crippen LogP contribution in [-0.2, 0) is 4.79 Å². The number of hydrogen-bond donors (Lipinski definition) is 2. The minimum atomic E-state index is -0.618. The zero-order chi connectivity index (χ0) is 26.9. The summed E-state index contributed by atoms with van der Waals surface area (Å²) >= 11 is 9.59. The lowest BCUT2D eigenvalue weighted by Gasteiger charge is -2.13. The van der Waals surface area contributed by atoms with Crippen LogP contribution in [0.5, 0.6) is 11.5 Å². The Morgan fingerprint density at radius 3 is 2.32 bits per heavy atom. The van der Waals surface area contributed by atoms with Crippen LogP contribution in [0.1, 0.15) is 21.5 Å². The number of hydrogen-bond acceptors (Lipinski definition) is 6. The predicted molar refractivity (Wildman–Crippen MR) is 151 cm³/mol. The van der Waals surface area contributed by atoms with E-state index in [4.69, 9.17) is 21.1 Å². The second kappa shape index (κ2) is 12.9. The molecule has 0 atom stereocenters. The molecular weight excluding hydrogens is 560 g/mol. The van der Waals surface area contributed by atoms with E-state index in [1.807, 2.05) is 43.3 Å². The zero-order valence-corrected chi connectivity index (χ0v) is 23.1. The van der Waals surface area contributed by atoms with Gasteiger partial charge in [0.1, 0.15) is 5.70 Å². The van der Waals surface area contributed by atoms with Gasteiger partial charge in [-0.2, -0.15) is 5.10 Å². The Morgan fingerprint density at radius 2 is 1.70 bits per heavy atom. The van der Waals surface area contributed by atoms with E-state index in [1.165, 1.54) is 20.4 Å². The van der Waals surface area contributed by atoms with Gasteiger partial charge in [-0.1, -0.05) is 35.9 Å². The fourth-order valence-electron chi connectivity index (χ4n) is 3.27. The lowest BCUT2D eigenvalue weighted by atomic mass is 10.1. The van der Waals surface area contributed by atoms with Gasteiger partial charge < -0.3 is 19.7 Å². The van der Waals surface area contributed by atoms with E-state index in [2.05, 4.69) is 31.8 Å². The maximum atomic E-state index is 13.1. The number of anilines is 1. The first-order valence-electron chi connectivity index (χ1n) is 11.0. The van der Waals surface area contributed by atoms with Gasteiger partial charge in [-0.25, -0.2) is 5.43 Å². The molecule has 8 nitrogen and oxygen atoms in total. The van der Waals surface area contributed by atoms with E-state index in [0.29, 0.717) is 27.1 Å². The number of benzene rings is 3. The van der Waals surface area contributed by atoms with Gasteiger partial charge in [-0.05, 0) is 69.5 Å². The third-order valence-corrected chi connectivity index (χ3v) is 6.09. The summed E-state index contributed by atoms with van der Waals surface area (Å²) in [5.74, 6) is -0.104. The number of nitrogens with one attached hydrogen (secondary N) is 2. The quantitative estimate of drug-likeness (QED) is 0.207. The van der Waals surface area contributed by atoms with Crippen LogP contribution in [0.2, 0.25) is 5.02 Å². The second-order valence-corrected chi connectivity index (χ2v) is 9.18. The van der Waals surface area contributed by atoms with Crippen LogP contribution < -0.4 is 25.1 Å². The number of ether oxygens (including phenoxy) is 2. The molecular formula is C27H26BrClN4O4. The average molecular weight is 586 g/mol. The van der Waals surface area contributed by atoms with Crippen molar-refractivity contribution in [3.63, 3.8) is 0 Å². The molecule has 0 fully saturated rings. The van der Waals surface area contributed by atoms with Gasteiger partial charge in [-0.15, -0.1) is 0 Å². The molecule has 10 heteroatoms. The Hall–Kier alpha value is -3.82. The van der Waals surface area contributed by atoms with Crippen molar-refractivity contribution in [3.8, 4) is 11.5 Å². The van der Waals surface area contributed by atoms with E-state index in [1.54, 1.807) is 42.5 Å². The smallest absolute Gasteiger partial charge is 0.287 e. The van der Waals surface area contributed by atoms with E-state index in [-0.39, 0.29) is 16.3 Å². The summed E-state index contributed by atoms with van der Waals surface area (Å²) in [5.41, 5.74) is 5.04. The summed E-state index contributed by atoms with van der Waals surface area (Å²) in [6.45, 7) is 0. The Bertz CT molecular complexity index is 1340. The fraction of sp³-hybridized carbons (Fsp3) is 0.148. The Kier molecular flexibility index (Phi) is 9.71. The van der Waals surface area contributed by atoms with Crippen LogP contribution in [0, 0.1) is 0 Å². The van der Waals surface area contributed by atoms with Crippen LogP contribution in [0.15, 0.2) is 75.9 Å². The van der Waals surface area contributed by atoms with Crippen LogP contribution in [0.25, 0.3) is 6.08 Å². The highest BCUT2D eigenvalue weighted by Crippen LogP contribution is 2.35. The topological polar surface area (TPSA) is 92.3 Å². The average Bonchev–Trinajstić information content (AvgIpc) is 2.88. The van der Waals surface area contributed by atoms with Crippen LogP contribution >= 0.6 is 27.5 Å². The van der Waals surface area contributed by atoms with E-state index >= 15 is 0 Å². The molecule has 0 aromatic heterocycles. The molecule has 0 aliphatic carbocycles. The van der Waals surface area contributed by atoms with Crippen molar-refractivity contribution in [2.24, 2.45) is 5.10 Å². The minimum absolute atomic E-state index is 0.00633. The first-order chi connectivity index (χ1) is 17.7. The largest absolute Gasteiger partial charge is 0.493 e. The predicted octanol–water partition coefficient (Wildman–Crippen LogP) is 5.11. The number of amides is 2. The van der Waals surface area contributed by atoms with Crippen molar-refractivity contribution in [1.29, 1.82) is 0 Å². The van der Waals surface area contributed by atoms with E-state index < -0.39 is 11.8 Å². The molecule has 0 aliphatic heterocycles. The number of nitrogens with zero attached hydrogens (tertiary/aromatic N) is 2. The van der Waals surface area contributed by atoms with Gasteiger partial charge in [-0.3, -0.25) is 9.59 Å². The second-order valence-electron chi connectivity index (χ2n) is 7.92. The minimum Gasteiger partial charge on any atom is -0.493 e. The third-order valence-electron chi connectivity index (χ3n) is 5.17. The van der Waals surface area contributed by atoms with E-state index in [9.17, 15) is 9.59 Å². The number of hydrazone groups is 1. The molecule has 0 unspecified atom stereocenters. The number of carbonyl (C=O) groups excluding carboxylic acids is 2. The van der Waals surface area contributed by atoms with Crippen LogP contribution in [0.4, 0.5) is 5.69 Å². The van der Waals surface area contributed by atoms with Crippen molar-refractivity contribution in [2.75, 3.05) is 33.2 Å². The van der Waals surface area contributed by atoms with Crippen LogP contribution in [0.3, 0.4) is 0 Å². The molecule has 3 aromatic carbocycles. The monoisotopic (exact) mass is 584 g/mol. The van der Waals surface area contributed by atoms with Gasteiger partial charge in [0.05, 0.1) is 35.5 Å². The molecule has 2 amide bonds. The summed E-state index contributed by atoms with van der Waals surface area (Å²) < 4.78 is 11.3. The lowest BCUT2D eigenvalue weighted by molar-refractivity contribution is -0.117. The molecule has 3 rings (SSSR count). The molecule has 2 N–H and O–H groups in total. The highest BCUT2D eigenvalue weighted by molar-refractivity contribution is 9.10. The molecule has 0 radical (unpaired) electrons. The molecule has 0 heterocycles. The van der Waals surface area contributed by atoms with Gasteiger partial charge in [0, 0.05) is 19.8 Å². The molecule has 0 aliphatic rings. The summed E-state index contributed by atoms with van der Waals surface area (Å²) in [4.78, 5) is 27.9. The highest BCUT2D eigenvalue weighted by atomic mass is 79.9. The number of rotatable bonds is 9. The van der Waals surface area contributed by atoms with Crippen molar-refractivity contribution < 1.29 is 19.1 Å². The highest BCUT2D eigenvalue weighted by Gasteiger charge is 2.16. The number of halogens is 2. The van der Waals surface area contributed by atoms with Crippen molar-refractivity contribution >= 4 is 57.3 Å². The van der Waals surface area contributed by atoms with Crippen LogP contribution in [-0.4, -0.2) is 46.3 Å². The van der Waals surface area contributed by atoms with Gasteiger partial charge in [0.15, 0.2) is 11.5 Å². The summed E-state index contributed by atoms with van der Waals surface area (Å²) in [6.07, 6.45) is 3.01. The lowest BCUT2D eigenvalue weighted by Crippen LogP contribution is -2.33. The number of carbonyl (C=O) groups is 2. The van der Waals surface area contributed by atoms with Gasteiger partial charge in [0.2, 0.25) is 0 Å². The normalized spacial score (nSPS) is 11.2. The molecule has 0 saturated heterocycles. The molecule has 192 valence electrons. The molecule has 3 aromatic rings. The maximum Gasteiger partial charge on any atom is 0.287 e. The van der Waals surface area contributed by atoms with Crippen molar-refractivity contribution in [3.05, 3.63) is 92.5 Å². The Morgan fingerprint density at radius 1 is 1.00 bits per heavy atom. The Balaban J connectivity index is 1.86. The first-order valence-corrected chi connectivity index (χ1v) is 12.2. The SMILES string of the molecule is COc1cc(/C=N/NC(=O)/C(=C\c2ccc(N(C)C)cc2)NC(=O)c2ccccc2Cl)cc(Br)c1OC. The molecule has 0 saturated carbocycles. The third kappa shape index (κ3) is 7.34. The molecule has 0 spiro atoms. The van der Waals surface area contributed by atoms with Gasteiger partial charge >= 0.3 is 0 Å². The standard InChI is InChI=1S/C27H26BrClN4O4/c1-33(2)19-11-9-17(10-12-19)14-23(31-26(34)20-7-5-6-8-22(20)29)27(35)32-30-16-18-13-21(28)25(37-4)24(15-18)36-3/h5-16H,1-4H3,(H,31,34)(H,32,35)/b23-14+,30-16+. The fourth-order valence-corrected chi connectivity index (χ4v) is 4.11. The maximum absolute atomic E-state index is 13.1. The Labute approximate surface area is 229 Å². The van der Waals surface area contributed by atoms with Crippen molar-refractivity contribution in [2.45, 2.75) is 0 Å². The van der Waals surface area contributed by atoms with Crippen molar-refractivity contribution in [1.82, 2.24) is 10.7 Å². The van der Waals surface area contributed by atoms with E-state index in [0.717, 1.165) is 5.69 Å². The summed E-state index contributed by atoms with van der Waals surface area (Å²) in [5, 5.41) is 6.96. The molecule has 37 heavy (non-hydrogen) atoms.